The minimum atomic E-state index is -0.127. The molecule has 3 aliphatic rings. The second kappa shape index (κ2) is 6.06. The van der Waals surface area contributed by atoms with Gasteiger partial charge in [0.1, 0.15) is 0 Å². The van der Waals surface area contributed by atoms with Crippen molar-refractivity contribution in [3.05, 3.63) is 23.8 Å². The molecule has 130 valence electrons. The molecule has 0 saturated heterocycles. The topological polar surface area (TPSA) is 20.2 Å². The summed E-state index contributed by atoms with van der Waals surface area (Å²) in [6, 6.07) is 0. The Balaban J connectivity index is 1.99. The van der Waals surface area contributed by atoms with Crippen molar-refractivity contribution in [2.45, 2.75) is 85.2 Å². The summed E-state index contributed by atoms with van der Waals surface area (Å²) in [5, 5.41) is 11.2. The fourth-order valence-electron chi connectivity index (χ4n) is 6.49. The highest BCUT2D eigenvalue weighted by Crippen LogP contribution is 2.63. The molecule has 3 aliphatic carbocycles. The predicted molar refractivity (Wildman–Crippen MR) is 98.2 cm³/mol. The quantitative estimate of drug-likeness (QED) is 0.688. The molecular weight excluding hydrogens is 280 g/mol. The Morgan fingerprint density at radius 1 is 1.26 bits per heavy atom. The van der Waals surface area contributed by atoms with Crippen LogP contribution in [0.25, 0.3) is 0 Å². The molecular formula is C22H36O. The number of aliphatic hydroxyl groups is 1. The van der Waals surface area contributed by atoms with Gasteiger partial charge in [-0.2, -0.15) is 0 Å². The van der Waals surface area contributed by atoms with E-state index in [0.717, 1.165) is 18.8 Å². The van der Waals surface area contributed by atoms with Crippen molar-refractivity contribution >= 4 is 0 Å². The molecule has 0 aromatic carbocycles. The molecule has 0 bridgehead atoms. The van der Waals surface area contributed by atoms with E-state index < -0.39 is 0 Å². The van der Waals surface area contributed by atoms with Crippen molar-refractivity contribution in [3.63, 3.8) is 0 Å². The van der Waals surface area contributed by atoms with Crippen LogP contribution < -0.4 is 0 Å². The van der Waals surface area contributed by atoms with Gasteiger partial charge in [0.25, 0.3) is 0 Å². The predicted octanol–water partition coefficient (Wildman–Crippen LogP) is 5.89. The van der Waals surface area contributed by atoms with Crippen LogP contribution in [0.5, 0.6) is 0 Å². The zero-order valence-corrected chi connectivity index (χ0v) is 15.7. The monoisotopic (exact) mass is 316 g/mol. The minimum Gasteiger partial charge on any atom is -0.393 e. The number of rotatable bonds is 3. The first-order chi connectivity index (χ1) is 10.9. The summed E-state index contributed by atoms with van der Waals surface area (Å²) in [4.78, 5) is 0. The number of hydrogen-bond acceptors (Lipinski definition) is 1. The zero-order valence-electron chi connectivity index (χ0n) is 15.7. The molecule has 1 N–H and O–H groups in total. The van der Waals surface area contributed by atoms with Crippen molar-refractivity contribution in [2.75, 3.05) is 0 Å². The maximum Gasteiger partial charge on any atom is 0.0584 e. The molecule has 23 heavy (non-hydrogen) atoms. The molecule has 2 saturated carbocycles. The summed E-state index contributed by atoms with van der Waals surface area (Å²) in [6.07, 6.45) is 11.9. The van der Waals surface area contributed by atoms with E-state index in [2.05, 4.69) is 40.3 Å². The van der Waals surface area contributed by atoms with E-state index in [-0.39, 0.29) is 11.5 Å². The molecule has 0 radical (unpaired) electrons. The third-order valence-corrected chi connectivity index (χ3v) is 7.93. The molecule has 0 aromatic heterocycles. The Kier molecular flexibility index (Phi) is 4.55. The third kappa shape index (κ3) is 2.64. The summed E-state index contributed by atoms with van der Waals surface area (Å²) in [6.45, 7) is 13.8. The SMILES string of the molecule is C=C1C=C2CCC3C(CCC)C(C)(CC)CC(O)C3C2(C)CC1. The van der Waals surface area contributed by atoms with E-state index in [4.69, 9.17) is 0 Å². The van der Waals surface area contributed by atoms with Crippen LogP contribution in [-0.4, -0.2) is 11.2 Å². The van der Waals surface area contributed by atoms with Crippen LogP contribution in [0.3, 0.4) is 0 Å². The number of aliphatic hydroxyl groups excluding tert-OH is 1. The van der Waals surface area contributed by atoms with Crippen LogP contribution in [0.1, 0.15) is 79.1 Å². The van der Waals surface area contributed by atoms with Crippen LogP contribution in [0.15, 0.2) is 23.8 Å². The zero-order chi connectivity index (χ0) is 16.8. The van der Waals surface area contributed by atoms with Gasteiger partial charge < -0.3 is 5.11 Å². The van der Waals surface area contributed by atoms with Gasteiger partial charge in [-0.05, 0) is 67.1 Å². The molecule has 1 nitrogen and oxygen atoms in total. The minimum absolute atomic E-state index is 0.127. The van der Waals surface area contributed by atoms with Crippen LogP contribution in [0, 0.1) is 28.6 Å². The van der Waals surface area contributed by atoms with E-state index in [0.29, 0.717) is 17.3 Å². The highest BCUT2D eigenvalue weighted by atomic mass is 16.3. The molecule has 0 heterocycles. The fraction of sp³-hybridized carbons (Fsp3) is 0.818. The summed E-state index contributed by atoms with van der Waals surface area (Å²) >= 11 is 0. The molecule has 2 fully saturated rings. The number of allylic oxidation sites excluding steroid dienone is 3. The van der Waals surface area contributed by atoms with Crippen molar-refractivity contribution in [1.82, 2.24) is 0 Å². The normalized spacial score (nSPS) is 46.8. The first-order valence-electron chi connectivity index (χ1n) is 9.92. The lowest BCUT2D eigenvalue weighted by atomic mass is 9.45. The van der Waals surface area contributed by atoms with Crippen LogP contribution in [0.4, 0.5) is 0 Å². The highest BCUT2D eigenvalue weighted by Gasteiger charge is 2.57. The molecule has 0 aliphatic heterocycles. The molecule has 6 unspecified atom stereocenters. The molecule has 3 rings (SSSR count). The van der Waals surface area contributed by atoms with Crippen molar-refractivity contribution < 1.29 is 5.11 Å². The number of fused-ring (bicyclic) bond motifs is 3. The maximum absolute atomic E-state index is 11.2. The Morgan fingerprint density at radius 2 is 2.00 bits per heavy atom. The standard InChI is InChI=1S/C22H36O/c1-6-8-18-17-10-9-16-13-15(3)11-12-22(16,5)20(17)19(23)14-21(18,4)7-2/h13,17-20,23H,3,6-12,14H2,1-2,4-5H3. The van der Waals surface area contributed by atoms with E-state index in [1.807, 2.05) is 0 Å². The molecule has 0 spiro atoms. The lowest BCUT2D eigenvalue weighted by Crippen LogP contribution is -2.56. The van der Waals surface area contributed by atoms with E-state index in [9.17, 15) is 5.11 Å². The Labute approximate surface area is 143 Å². The van der Waals surface area contributed by atoms with Crippen molar-refractivity contribution in [3.8, 4) is 0 Å². The molecule has 1 heteroatoms. The van der Waals surface area contributed by atoms with E-state index in [1.165, 1.54) is 44.1 Å². The van der Waals surface area contributed by atoms with Gasteiger partial charge in [-0.25, -0.2) is 0 Å². The summed E-state index contributed by atoms with van der Waals surface area (Å²) in [7, 11) is 0. The van der Waals surface area contributed by atoms with E-state index in [1.54, 1.807) is 5.57 Å². The lowest BCUT2D eigenvalue weighted by Gasteiger charge is -2.60. The van der Waals surface area contributed by atoms with Gasteiger partial charge in [0.2, 0.25) is 0 Å². The van der Waals surface area contributed by atoms with Gasteiger partial charge in [0.15, 0.2) is 0 Å². The van der Waals surface area contributed by atoms with Crippen molar-refractivity contribution in [2.24, 2.45) is 28.6 Å². The molecule has 0 aromatic rings. The summed E-state index contributed by atoms with van der Waals surface area (Å²) < 4.78 is 0. The van der Waals surface area contributed by atoms with Gasteiger partial charge in [0.05, 0.1) is 6.10 Å². The third-order valence-electron chi connectivity index (χ3n) is 7.93. The van der Waals surface area contributed by atoms with Gasteiger partial charge >= 0.3 is 0 Å². The van der Waals surface area contributed by atoms with Gasteiger partial charge in [-0.3, -0.25) is 0 Å². The summed E-state index contributed by atoms with van der Waals surface area (Å²) in [5.74, 6) is 1.96. The van der Waals surface area contributed by atoms with Gasteiger partial charge in [-0.15, -0.1) is 0 Å². The van der Waals surface area contributed by atoms with Crippen molar-refractivity contribution in [1.29, 1.82) is 0 Å². The molecule has 6 atom stereocenters. The first-order valence-corrected chi connectivity index (χ1v) is 9.92. The van der Waals surface area contributed by atoms with Crippen LogP contribution in [-0.2, 0) is 0 Å². The second-order valence-electron chi connectivity index (χ2n) is 9.15. The Bertz CT molecular complexity index is 504. The Morgan fingerprint density at radius 3 is 2.65 bits per heavy atom. The fourth-order valence-corrected chi connectivity index (χ4v) is 6.49. The highest BCUT2D eigenvalue weighted by molar-refractivity contribution is 5.33. The van der Waals surface area contributed by atoms with Gasteiger partial charge in [0, 0.05) is 0 Å². The first kappa shape index (κ1) is 17.3. The van der Waals surface area contributed by atoms with Gasteiger partial charge in [-0.1, -0.05) is 64.3 Å². The number of hydrogen-bond donors (Lipinski definition) is 1. The lowest BCUT2D eigenvalue weighted by molar-refractivity contribution is -0.130. The van der Waals surface area contributed by atoms with Crippen LogP contribution in [0.2, 0.25) is 0 Å². The molecule has 0 amide bonds. The average molecular weight is 317 g/mol. The largest absolute Gasteiger partial charge is 0.393 e. The summed E-state index contributed by atoms with van der Waals surface area (Å²) in [5.41, 5.74) is 3.42. The van der Waals surface area contributed by atoms with E-state index >= 15 is 0 Å². The average Bonchev–Trinajstić information content (AvgIpc) is 2.51. The Hall–Kier alpha value is -0.560. The van der Waals surface area contributed by atoms with Crippen LogP contribution >= 0.6 is 0 Å². The second-order valence-corrected chi connectivity index (χ2v) is 9.15. The maximum atomic E-state index is 11.2. The smallest absolute Gasteiger partial charge is 0.0584 e.